The highest BCUT2D eigenvalue weighted by Crippen LogP contribution is 2.51. The molecule has 4 rings (SSSR count). The molecule has 0 aromatic heterocycles. The first-order chi connectivity index (χ1) is 12.8. The van der Waals surface area contributed by atoms with Gasteiger partial charge >= 0.3 is 0 Å². The molecule has 0 radical (unpaired) electrons. The maximum absolute atomic E-state index is 13.3. The lowest BCUT2D eigenvalue weighted by Gasteiger charge is -2.42. The highest BCUT2D eigenvalue weighted by molar-refractivity contribution is 5.82. The second-order valence-electron chi connectivity index (χ2n) is 8.23. The van der Waals surface area contributed by atoms with Crippen molar-refractivity contribution in [1.82, 2.24) is 9.80 Å². The van der Waals surface area contributed by atoms with Crippen LogP contribution in [-0.4, -0.2) is 53.7 Å². The third-order valence-corrected chi connectivity index (χ3v) is 6.34. The number of amides is 2. The van der Waals surface area contributed by atoms with E-state index in [2.05, 4.69) is 0 Å². The van der Waals surface area contributed by atoms with Gasteiger partial charge in [-0.2, -0.15) is 0 Å². The fourth-order valence-corrected chi connectivity index (χ4v) is 4.94. The van der Waals surface area contributed by atoms with Crippen LogP contribution in [-0.2, 0) is 16.0 Å². The van der Waals surface area contributed by atoms with Gasteiger partial charge in [-0.1, -0.05) is 18.6 Å². The summed E-state index contributed by atoms with van der Waals surface area (Å²) in [6.07, 6.45) is 3.28. The van der Waals surface area contributed by atoms with E-state index in [0.717, 1.165) is 19.3 Å². The van der Waals surface area contributed by atoms with Crippen LogP contribution in [0.3, 0.4) is 0 Å². The highest BCUT2D eigenvalue weighted by atomic mass is 19.3. The molecule has 2 aliphatic heterocycles. The highest BCUT2D eigenvalue weighted by Gasteiger charge is 2.55. The Bertz CT molecular complexity index is 761. The van der Waals surface area contributed by atoms with Crippen LogP contribution in [0.2, 0.25) is 0 Å². The minimum absolute atomic E-state index is 0.0777. The lowest BCUT2D eigenvalue weighted by molar-refractivity contribution is -0.172. The smallest absolute Gasteiger partial charge is 0.282 e. The summed E-state index contributed by atoms with van der Waals surface area (Å²) in [6.45, 7) is 0.0805. The van der Waals surface area contributed by atoms with Crippen LogP contribution in [0.15, 0.2) is 24.3 Å². The van der Waals surface area contributed by atoms with E-state index < -0.39 is 19.0 Å². The number of hydrogen-bond acceptors (Lipinski definition) is 2. The zero-order valence-corrected chi connectivity index (χ0v) is 15.1. The van der Waals surface area contributed by atoms with E-state index in [4.69, 9.17) is 0 Å². The van der Waals surface area contributed by atoms with E-state index in [1.165, 1.54) is 17.0 Å². The summed E-state index contributed by atoms with van der Waals surface area (Å²) in [5, 5.41) is 0. The van der Waals surface area contributed by atoms with E-state index in [1.807, 2.05) is 0 Å². The fourth-order valence-electron chi connectivity index (χ4n) is 4.94. The Balaban J connectivity index is 1.41. The Morgan fingerprint density at radius 1 is 1.11 bits per heavy atom. The van der Waals surface area contributed by atoms with Gasteiger partial charge in [0.15, 0.2) is 0 Å². The van der Waals surface area contributed by atoms with Crippen LogP contribution >= 0.6 is 0 Å². The first-order valence-corrected chi connectivity index (χ1v) is 9.47. The zero-order chi connectivity index (χ0) is 19.2. The quantitative estimate of drug-likeness (QED) is 0.809. The lowest BCUT2D eigenvalue weighted by Crippen LogP contribution is -2.60. The van der Waals surface area contributed by atoms with Crippen LogP contribution in [0.25, 0.3) is 0 Å². The number of likely N-dealkylation sites (tertiary alicyclic amines) is 2. The van der Waals surface area contributed by atoms with E-state index in [0.29, 0.717) is 25.1 Å². The second kappa shape index (κ2) is 6.53. The molecule has 0 unspecified atom stereocenters. The third kappa shape index (κ3) is 3.44. The summed E-state index contributed by atoms with van der Waals surface area (Å²) >= 11 is 0. The summed E-state index contributed by atoms with van der Waals surface area (Å²) in [6, 6.07) is 6.00. The average molecular weight is 380 g/mol. The van der Waals surface area contributed by atoms with Crippen LogP contribution in [0.5, 0.6) is 0 Å². The molecule has 27 heavy (non-hydrogen) atoms. The monoisotopic (exact) mass is 380 g/mol. The maximum Gasteiger partial charge on any atom is 0.282 e. The fraction of sp³-hybridized carbons (Fsp3) is 0.600. The minimum atomic E-state index is -2.76. The molecule has 146 valence electrons. The van der Waals surface area contributed by atoms with Gasteiger partial charge in [-0.25, -0.2) is 13.2 Å². The van der Waals surface area contributed by atoms with Gasteiger partial charge in [-0.15, -0.1) is 0 Å². The molecule has 1 aromatic carbocycles. The Labute approximate surface area is 156 Å². The molecule has 2 atom stereocenters. The Kier molecular flexibility index (Phi) is 4.43. The first kappa shape index (κ1) is 18.3. The van der Waals surface area contributed by atoms with Crippen molar-refractivity contribution in [1.29, 1.82) is 0 Å². The molecule has 2 saturated heterocycles. The number of benzene rings is 1. The lowest BCUT2D eigenvalue weighted by atomic mass is 9.76. The number of carbonyl (C=O) groups is 2. The molecule has 2 heterocycles. The van der Waals surface area contributed by atoms with E-state index in [9.17, 15) is 22.8 Å². The van der Waals surface area contributed by atoms with Crippen LogP contribution in [0, 0.1) is 17.2 Å². The molecular formula is C20H23F3N2O2. The van der Waals surface area contributed by atoms with Gasteiger partial charge in [-0.3, -0.25) is 9.59 Å². The van der Waals surface area contributed by atoms with Gasteiger partial charge in [0, 0.05) is 24.4 Å². The molecule has 2 amide bonds. The number of carbonyl (C=O) groups excluding carboxylic acids is 2. The molecule has 3 fully saturated rings. The molecule has 1 aliphatic carbocycles. The number of hydrogen-bond donors (Lipinski definition) is 0. The van der Waals surface area contributed by atoms with Crippen molar-refractivity contribution in [2.45, 2.75) is 38.0 Å². The SMILES string of the molecule is O=C(Cc1cccc(F)c1)N1CC[C@@]2(CCC[C@H]2C(=O)N2CC(F)(F)C2)C1. The van der Waals surface area contributed by atoms with Crippen molar-refractivity contribution in [3.8, 4) is 0 Å². The maximum atomic E-state index is 13.3. The van der Waals surface area contributed by atoms with Crippen molar-refractivity contribution >= 4 is 11.8 Å². The van der Waals surface area contributed by atoms with Gasteiger partial charge < -0.3 is 9.80 Å². The molecule has 1 spiro atoms. The van der Waals surface area contributed by atoms with Gasteiger partial charge in [0.05, 0.1) is 19.5 Å². The van der Waals surface area contributed by atoms with Gasteiger partial charge in [-0.05, 0) is 37.0 Å². The Hall–Kier alpha value is -2.05. The van der Waals surface area contributed by atoms with Crippen molar-refractivity contribution in [3.63, 3.8) is 0 Å². The Morgan fingerprint density at radius 2 is 1.89 bits per heavy atom. The predicted octanol–water partition coefficient (Wildman–Crippen LogP) is 2.86. The van der Waals surface area contributed by atoms with Crippen molar-refractivity contribution in [3.05, 3.63) is 35.6 Å². The van der Waals surface area contributed by atoms with Crippen molar-refractivity contribution < 1.29 is 22.8 Å². The largest absolute Gasteiger partial charge is 0.342 e. The van der Waals surface area contributed by atoms with E-state index in [1.54, 1.807) is 17.0 Å². The molecular weight excluding hydrogens is 357 g/mol. The topological polar surface area (TPSA) is 40.6 Å². The molecule has 3 aliphatic rings. The van der Waals surface area contributed by atoms with Crippen LogP contribution < -0.4 is 0 Å². The number of alkyl halides is 2. The molecule has 7 heteroatoms. The first-order valence-electron chi connectivity index (χ1n) is 9.47. The summed E-state index contributed by atoms with van der Waals surface area (Å²) in [4.78, 5) is 28.4. The van der Waals surface area contributed by atoms with Gasteiger partial charge in [0.2, 0.25) is 11.8 Å². The van der Waals surface area contributed by atoms with E-state index >= 15 is 0 Å². The molecule has 0 N–H and O–H groups in total. The minimum Gasteiger partial charge on any atom is -0.342 e. The summed E-state index contributed by atoms with van der Waals surface area (Å²) in [5.41, 5.74) is 0.335. The molecule has 4 nitrogen and oxygen atoms in total. The van der Waals surface area contributed by atoms with Crippen molar-refractivity contribution in [2.75, 3.05) is 26.2 Å². The van der Waals surface area contributed by atoms with Crippen LogP contribution in [0.1, 0.15) is 31.2 Å². The van der Waals surface area contributed by atoms with Crippen molar-refractivity contribution in [2.24, 2.45) is 11.3 Å². The second-order valence-corrected chi connectivity index (χ2v) is 8.23. The zero-order valence-electron chi connectivity index (χ0n) is 15.1. The third-order valence-electron chi connectivity index (χ3n) is 6.34. The van der Waals surface area contributed by atoms with Crippen LogP contribution in [0.4, 0.5) is 13.2 Å². The summed E-state index contributed by atoms with van der Waals surface area (Å²) in [7, 11) is 0. The van der Waals surface area contributed by atoms with Gasteiger partial charge in [0.25, 0.3) is 5.92 Å². The standard InChI is InChI=1S/C20H23F3N2O2/c21-15-4-1-3-14(9-15)10-17(26)24-8-7-19(11-24)6-2-5-16(19)18(27)25-12-20(22,23)13-25/h1,3-4,9,16H,2,5-8,10-13H2/t16-,19-/m0/s1. The predicted molar refractivity (Wildman–Crippen MR) is 92.6 cm³/mol. The molecule has 1 aromatic rings. The number of halogens is 3. The molecule has 1 saturated carbocycles. The number of rotatable bonds is 3. The number of nitrogens with zero attached hydrogens (tertiary/aromatic N) is 2. The summed E-state index contributed by atoms with van der Waals surface area (Å²) < 4.78 is 39.6. The normalized spacial score (nSPS) is 29.2. The van der Waals surface area contributed by atoms with E-state index in [-0.39, 0.29) is 35.4 Å². The Morgan fingerprint density at radius 3 is 2.59 bits per heavy atom. The average Bonchev–Trinajstić information content (AvgIpc) is 3.20. The summed E-state index contributed by atoms with van der Waals surface area (Å²) in [5.74, 6) is -3.67. The molecule has 0 bridgehead atoms. The van der Waals surface area contributed by atoms with Gasteiger partial charge in [0.1, 0.15) is 5.82 Å².